The number of aromatic nitrogens is 4. The Labute approximate surface area is 110 Å². The van der Waals surface area contributed by atoms with E-state index in [1.165, 1.54) is 0 Å². The molecule has 3 heterocycles. The van der Waals surface area contributed by atoms with Crippen molar-refractivity contribution in [1.29, 1.82) is 0 Å². The average molecular weight is 254 g/mol. The maximum absolute atomic E-state index is 12.3. The molecule has 0 bridgehead atoms. The molecule has 5 nitrogen and oxygen atoms in total. The second kappa shape index (κ2) is 4.35. The van der Waals surface area contributed by atoms with Crippen LogP contribution in [0.15, 0.2) is 41.6 Å². The molecular weight excluding hydrogens is 240 g/mol. The fourth-order valence-corrected chi connectivity index (χ4v) is 2.23. The Kier molecular flexibility index (Phi) is 2.67. The van der Waals surface area contributed by atoms with Crippen LogP contribution in [0.2, 0.25) is 0 Å². The SMILES string of the molecule is Cc1nn(C)cc1Cn1ccc2ncccc2c1=O. The molecule has 0 atom stereocenters. The van der Waals surface area contributed by atoms with Gasteiger partial charge in [0.25, 0.3) is 5.56 Å². The fourth-order valence-electron chi connectivity index (χ4n) is 2.23. The van der Waals surface area contributed by atoms with Crippen LogP contribution < -0.4 is 5.56 Å². The molecule has 0 aliphatic carbocycles. The van der Waals surface area contributed by atoms with Gasteiger partial charge in [-0.3, -0.25) is 14.5 Å². The van der Waals surface area contributed by atoms with Crippen molar-refractivity contribution in [3.63, 3.8) is 0 Å². The molecule has 0 spiro atoms. The fraction of sp³-hybridized carbons (Fsp3) is 0.214. The van der Waals surface area contributed by atoms with E-state index in [9.17, 15) is 4.79 Å². The van der Waals surface area contributed by atoms with E-state index in [0.717, 1.165) is 16.8 Å². The highest BCUT2D eigenvalue weighted by molar-refractivity contribution is 5.76. The first kappa shape index (κ1) is 11.6. The molecule has 3 aromatic rings. The van der Waals surface area contributed by atoms with Crippen LogP contribution in [-0.4, -0.2) is 19.3 Å². The molecule has 0 fully saturated rings. The van der Waals surface area contributed by atoms with Crippen molar-refractivity contribution in [2.24, 2.45) is 7.05 Å². The lowest BCUT2D eigenvalue weighted by Gasteiger charge is -2.05. The molecule has 3 aromatic heterocycles. The van der Waals surface area contributed by atoms with E-state index in [-0.39, 0.29) is 5.56 Å². The summed E-state index contributed by atoms with van der Waals surface area (Å²) in [7, 11) is 1.88. The Morgan fingerprint density at radius 2 is 2.16 bits per heavy atom. The van der Waals surface area contributed by atoms with E-state index < -0.39 is 0 Å². The number of hydrogen-bond donors (Lipinski definition) is 0. The van der Waals surface area contributed by atoms with Gasteiger partial charge in [-0.1, -0.05) is 0 Å². The van der Waals surface area contributed by atoms with Gasteiger partial charge in [0.05, 0.1) is 23.1 Å². The highest BCUT2D eigenvalue weighted by atomic mass is 16.1. The Hall–Kier alpha value is -2.43. The van der Waals surface area contributed by atoms with Crippen LogP contribution in [0, 0.1) is 6.92 Å². The summed E-state index contributed by atoms with van der Waals surface area (Å²) in [5.74, 6) is 0. The molecule has 0 aromatic carbocycles. The summed E-state index contributed by atoms with van der Waals surface area (Å²) in [4.78, 5) is 16.5. The van der Waals surface area contributed by atoms with Gasteiger partial charge >= 0.3 is 0 Å². The van der Waals surface area contributed by atoms with Crippen LogP contribution in [-0.2, 0) is 13.6 Å². The number of nitrogens with zero attached hydrogens (tertiary/aromatic N) is 4. The molecule has 0 unspecified atom stereocenters. The lowest BCUT2D eigenvalue weighted by Crippen LogP contribution is -2.20. The van der Waals surface area contributed by atoms with Gasteiger partial charge in [-0.15, -0.1) is 0 Å². The topological polar surface area (TPSA) is 52.7 Å². The minimum Gasteiger partial charge on any atom is -0.310 e. The molecule has 0 radical (unpaired) electrons. The lowest BCUT2D eigenvalue weighted by molar-refractivity contribution is 0.752. The normalized spacial score (nSPS) is 11.1. The molecule has 19 heavy (non-hydrogen) atoms. The minimum atomic E-state index is -0.0196. The highest BCUT2D eigenvalue weighted by Gasteiger charge is 2.07. The van der Waals surface area contributed by atoms with Crippen LogP contribution in [0.5, 0.6) is 0 Å². The van der Waals surface area contributed by atoms with E-state index in [4.69, 9.17) is 0 Å². The third-order valence-electron chi connectivity index (χ3n) is 3.20. The molecule has 96 valence electrons. The smallest absolute Gasteiger partial charge is 0.260 e. The molecule has 0 saturated heterocycles. The first-order valence-corrected chi connectivity index (χ1v) is 6.08. The predicted molar refractivity (Wildman–Crippen MR) is 73.1 cm³/mol. The zero-order valence-corrected chi connectivity index (χ0v) is 10.9. The summed E-state index contributed by atoms with van der Waals surface area (Å²) in [5.41, 5.74) is 2.70. The van der Waals surface area contributed by atoms with Crippen molar-refractivity contribution in [1.82, 2.24) is 19.3 Å². The zero-order valence-electron chi connectivity index (χ0n) is 10.9. The quantitative estimate of drug-likeness (QED) is 0.696. The van der Waals surface area contributed by atoms with E-state index in [1.807, 2.05) is 26.2 Å². The van der Waals surface area contributed by atoms with Crippen molar-refractivity contribution in [2.75, 3.05) is 0 Å². The lowest BCUT2D eigenvalue weighted by atomic mass is 10.2. The van der Waals surface area contributed by atoms with Gasteiger partial charge in [-0.25, -0.2) is 0 Å². The van der Waals surface area contributed by atoms with Crippen LogP contribution >= 0.6 is 0 Å². The first-order valence-electron chi connectivity index (χ1n) is 6.08. The summed E-state index contributed by atoms with van der Waals surface area (Å²) in [6.45, 7) is 2.48. The molecule has 0 aliphatic heterocycles. The van der Waals surface area contributed by atoms with E-state index in [1.54, 1.807) is 33.8 Å². The van der Waals surface area contributed by atoms with Crippen molar-refractivity contribution < 1.29 is 0 Å². The first-order chi connectivity index (χ1) is 9.15. The van der Waals surface area contributed by atoms with Gasteiger partial charge in [0.2, 0.25) is 0 Å². The monoisotopic (exact) mass is 254 g/mol. The Bertz CT molecular complexity index is 801. The van der Waals surface area contributed by atoms with Crippen molar-refractivity contribution in [2.45, 2.75) is 13.5 Å². The van der Waals surface area contributed by atoms with Crippen LogP contribution in [0.4, 0.5) is 0 Å². The molecule has 0 N–H and O–H groups in total. The van der Waals surface area contributed by atoms with Crippen molar-refractivity contribution in [3.8, 4) is 0 Å². The Balaban J connectivity index is 2.09. The number of hydrogen-bond acceptors (Lipinski definition) is 3. The summed E-state index contributed by atoms with van der Waals surface area (Å²) < 4.78 is 3.45. The number of aryl methyl sites for hydroxylation is 2. The Morgan fingerprint density at radius 3 is 2.89 bits per heavy atom. The van der Waals surface area contributed by atoms with Gasteiger partial charge in [-0.05, 0) is 25.1 Å². The molecule has 0 aliphatic rings. The minimum absolute atomic E-state index is 0.0196. The van der Waals surface area contributed by atoms with Gasteiger partial charge in [0.15, 0.2) is 0 Å². The molecule has 3 rings (SSSR count). The van der Waals surface area contributed by atoms with Crippen LogP contribution in [0.3, 0.4) is 0 Å². The van der Waals surface area contributed by atoms with Crippen LogP contribution in [0.25, 0.3) is 10.9 Å². The number of pyridine rings is 2. The largest absolute Gasteiger partial charge is 0.310 e. The van der Waals surface area contributed by atoms with Gasteiger partial charge in [0.1, 0.15) is 0 Å². The van der Waals surface area contributed by atoms with E-state index in [0.29, 0.717) is 11.9 Å². The summed E-state index contributed by atoms with van der Waals surface area (Å²) in [6.07, 6.45) is 5.41. The van der Waals surface area contributed by atoms with Gasteiger partial charge in [0, 0.05) is 31.2 Å². The molecule has 5 heteroatoms. The Morgan fingerprint density at radius 1 is 1.32 bits per heavy atom. The third kappa shape index (κ3) is 2.03. The maximum atomic E-state index is 12.3. The van der Waals surface area contributed by atoms with Crippen molar-refractivity contribution >= 4 is 10.9 Å². The number of fused-ring (bicyclic) bond motifs is 1. The average Bonchev–Trinajstić information content (AvgIpc) is 2.72. The van der Waals surface area contributed by atoms with Crippen molar-refractivity contribution in [3.05, 3.63) is 58.4 Å². The molecule has 0 saturated carbocycles. The molecule has 0 amide bonds. The zero-order chi connectivity index (χ0) is 13.4. The standard InChI is InChI=1S/C14H14N4O/c1-10-11(8-17(2)16-10)9-18-7-5-13-12(14(18)19)4-3-6-15-13/h3-8H,9H2,1-2H3. The van der Waals surface area contributed by atoms with Gasteiger partial charge in [-0.2, -0.15) is 5.10 Å². The second-order valence-electron chi connectivity index (χ2n) is 4.60. The third-order valence-corrected chi connectivity index (χ3v) is 3.20. The predicted octanol–water partition coefficient (Wildman–Crippen LogP) is 1.49. The van der Waals surface area contributed by atoms with E-state index in [2.05, 4.69) is 10.1 Å². The van der Waals surface area contributed by atoms with Gasteiger partial charge < -0.3 is 4.57 Å². The van der Waals surface area contributed by atoms with E-state index >= 15 is 0 Å². The molecular formula is C14H14N4O. The summed E-state index contributed by atoms with van der Waals surface area (Å²) in [5, 5.41) is 4.93. The second-order valence-corrected chi connectivity index (χ2v) is 4.60. The maximum Gasteiger partial charge on any atom is 0.260 e. The summed E-state index contributed by atoms with van der Waals surface area (Å²) >= 11 is 0. The highest BCUT2D eigenvalue weighted by Crippen LogP contribution is 2.09. The number of rotatable bonds is 2. The van der Waals surface area contributed by atoms with Crippen LogP contribution in [0.1, 0.15) is 11.3 Å². The summed E-state index contributed by atoms with van der Waals surface area (Å²) in [6, 6.07) is 5.45.